The van der Waals surface area contributed by atoms with Gasteiger partial charge in [0.2, 0.25) is 0 Å². The number of benzene rings is 3. The average molecular weight is 529 g/mol. The topological polar surface area (TPSA) is 124 Å². The molecule has 184 valence electrons. The number of hydrogen-bond acceptors (Lipinski definition) is 8. The molecule has 0 N–H and O–H groups in total. The van der Waals surface area contributed by atoms with Gasteiger partial charge in [-0.15, -0.1) is 0 Å². The van der Waals surface area contributed by atoms with E-state index in [1.165, 1.54) is 67.6 Å². The summed E-state index contributed by atoms with van der Waals surface area (Å²) in [7, 11) is -4.34. The Hall–Kier alpha value is -4.03. The lowest BCUT2D eigenvalue weighted by Gasteiger charge is -2.12. The van der Waals surface area contributed by atoms with Crippen LogP contribution < -0.4 is 4.18 Å². The molecular formula is C24H17FN2O7S2. The molecule has 4 rings (SSSR count). The van der Waals surface area contributed by atoms with Crippen LogP contribution in [-0.2, 0) is 21.5 Å². The molecule has 3 aromatic rings. The van der Waals surface area contributed by atoms with Crippen molar-refractivity contribution in [1.29, 1.82) is 0 Å². The monoisotopic (exact) mass is 528 g/mol. The third-order valence-electron chi connectivity index (χ3n) is 5.21. The van der Waals surface area contributed by atoms with Crippen LogP contribution in [0.2, 0.25) is 0 Å². The standard InChI is InChI=1S/C24H17FN2O7S2/c1-15-6-11-19(13-21(15)27(30)31)36(32,33)34-18-9-7-16(8-10-18)12-22-23(28)26(24(29)35-22)14-17-4-2-3-5-20(17)25/h2-13H,14H2,1H3/b22-12-. The van der Waals surface area contributed by atoms with E-state index in [-0.39, 0.29) is 33.3 Å². The van der Waals surface area contributed by atoms with E-state index >= 15 is 0 Å². The lowest BCUT2D eigenvalue weighted by Crippen LogP contribution is -2.27. The third-order valence-corrected chi connectivity index (χ3v) is 7.36. The number of nitro groups is 1. The van der Waals surface area contributed by atoms with E-state index in [9.17, 15) is 32.5 Å². The molecule has 0 aromatic heterocycles. The summed E-state index contributed by atoms with van der Waals surface area (Å²) in [5, 5.41) is 10.6. The zero-order valence-electron chi connectivity index (χ0n) is 18.6. The normalized spacial score (nSPS) is 14.9. The van der Waals surface area contributed by atoms with E-state index in [4.69, 9.17) is 4.18 Å². The van der Waals surface area contributed by atoms with Gasteiger partial charge in [-0.2, -0.15) is 8.42 Å². The highest BCUT2D eigenvalue weighted by molar-refractivity contribution is 8.18. The van der Waals surface area contributed by atoms with Crippen molar-refractivity contribution in [3.63, 3.8) is 0 Å². The predicted octanol–water partition coefficient (Wildman–Crippen LogP) is 5.05. The molecule has 1 saturated heterocycles. The van der Waals surface area contributed by atoms with Gasteiger partial charge in [0.1, 0.15) is 16.5 Å². The first-order valence-electron chi connectivity index (χ1n) is 10.3. The first-order valence-corrected chi connectivity index (χ1v) is 12.6. The van der Waals surface area contributed by atoms with Gasteiger partial charge >= 0.3 is 10.1 Å². The molecule has 9 nitrogen and oxygen atoms in total. The summed E-state index contributed by atoms with van der Waals surface area (Å²) in [6.45, 7) is 1.29. The van der Waals surface area contributed by atoms with Crippen molar-refractivity contribution in [3.8, 4) is 5.75 Å². The lowest BCUT2D eigenvalue weighted by atomic mass is 10.2. The number of nitrogens with zero attached hydrogens (tertiary/aromatic N) is 2. The van der Waals surface area contributed by atoms with Crippen molar-refractivity contribution in [3.05, 3.63) is 104 Å². The van der Waals surface area contributed by atoms with Crippen LogP contribution >= 0.6 is 11.8 Å². The van der Waals surface area contributed by atoms with Crippen molar-refractivity contribution in [2.24, 2.45) is 0 Å². The Balaban J connectivity index is 1.49. The Bertz CT molecular complexity index is 1520. The largest absolute Gasteiger partial charge is 0.379 e. The second kappa shape index (κ2) is 9.91. The number of imide groups is 1. The summed E-state index contributed by atoms with van der Waals surface area (Å²) >= 11 is 0.712. The Morgan fingerprint density at radius 1 is 1.08 bits per heavy atom. The molecule has 1 heterocycles. The van der Waals surface area contributed by atoms with Crippen molar-refractivity contribution in [2.75, 3.05) is 0 Å². The number of aryl methyl sites for hydroxylation is 1. The molecule has 1 aliphatic heterocycles. The molecule has 1 aliphatic rings. The highest BCUT2D eigenvalue weighted by Crippen LogP contribution is 2.34. The molecule has 2 amide bonds. The number of hydrogen-bond donors (Lipinski definition) is 0. The minimum atomic E-state index is -4.34. The SMILES string of the molecule is Cc1ccc(S(=O)(=O)Oc2ccc(/C=C3\SC(=O)N(Cc4ccccc4F)C3=O)cc2)cc1[N+](=O)[O-]. The van der Waals surface area contributed by atoms with E-state index < -0.39 is 32.0 Å². The van der Waals surface area contributed by atoms with E-state index in [1.807, 2.05) is 0 Å². The second-order valence-electron chi connectivity index (χ2n) is 7.67. The molecule has 0 saturated carbocycles. The summed E-state index contributed by atoms with van der Waals surface area (Å²) in [6, 6.07) is 15.0. The fraction of sp³-hybridized carbons (Fsp3) is 0.0833. The van der Waals surface area contributed by atoms with Crippen LogP contribution in [0.4, 0.5) is 14.9 Å². The van der Waals surface area contributed by atoms with Crippen molar-refractivity contribution in [2.45, 2.75) is 18.4 Å². The van der Waals surface area contributed by atoms with E-state index in [0.717, 1.165) is 11.0 Å². The number of carbonyl (C=O) groups excluding carboxylic acids is 2. The van der Waals surface area contributed by atoms with Crippen LogP contribution in [0.5, 0.6) is 5.75 Å². The van der Waals surface area contributed by atoms with Crippen molar-refractivity contribution >= 4 is 44.8 Å². The second-order valence-corrected chi connectivity index (χ2v) is 10.2. The average Bonchev–Trinajstić information content (AvgIpc) is 3.08. The Morgan fingerprint density at radius 2 is 1.78 bits per heavy atom. The molecule has 3 aromatic carbocycles. The summed E-state index contributed by atoms with van der Waals surface area (Å²) in [6.07, 6.45) is 1.45. The zero-order chi connectivity index (χ0) is 26.0. The molecule has 36 heavy (non-hydrogen) atoms. The van der Waals surface area contributed by atoms with E-state index in [1.54, 1.807) is 6.07 Å². The minimum absolute atomic E-state index is 0.0527. The van der Waals surface area contributed by atoms with Gasteiger partial charge in [0, 0.05) is 17.2 Å². The number of carbonyl (C=O) groups is 2. The Labute approximate surface area is 209 Å². The van der Waals surface area contributed by atoms with Crippen LogP contribution in [0.15, 0.2) is 76.5 Å². The first-order chi connectivity index (χ1) is 17.0. The third kappa shape index (κ3) is 5.29. The molecular weight excluding hydrogens is 511 g/mol. The van der Waals surface area contributed by atoms with Crippen LogP contribution in [0.25, 0.3) is 6.08 Å². The number of amides is 2. The lowest BCUT2D eigenvalue weighted by molar-refractivity contribution is -0.385. The van der Waals surface area contributed by atoms with Gasteiger partial charge in [-0.25, -0.2) is 4.39 Å². The highest BCUT2D eigenvalue weighted by Gasteiger charge is 2.35. The maximum absolute atomic E-state index is 13.9. The maximum atomic E-state index is 13.9. The summed E-state index contributed by atoms with van der Waals surface area (Å²) in [5.41, 5.74) is 0.658. The van der Waals surface area contributed by atoms with Crippen molar-refractivity contribution < 1.29 is 31.5 Å². The number of thioether (sulfide) groups is 1. The number of nitro benzene ring substituents is 1. The molecule has 1 fully saturated rings. The van der Waals surface area contributed by atoms with Gasteiger partial charge < -0.3 is 4.18 Å². The van der Waals surface area contributed by atoms with E-state index in [0.29, 0.717) is 22.9 Å². The van der Waals surface area contributed by atoms with Crippen LogP contribution in [0.1, 0.15) is 16.7 Å². The molecule has 0 aliphatic carbocycles. The predicted molar refractivity (Wildman–Crippen MR) is 130 cm³/mol. The quantitative estimate of drug-likeness (QED) is 0.181. The van der Waals surface area contributed by atoms with Crippen LogP contribution in [0.3, 0.4) is 0 Å². The van der Waals surface area contributed by atoms with Gasteiger partial charge in [-0.3, -0.25) is 24.6 Å². The summed E-state index contributed by atoms with van der Waals surface area (Å²) < 4.78 is 44.1. The van der Waals surface area contributed by atoms with Crippen LogP contribution in [-0.4, -0.2) is 29.4 Å². The van der Waals surface area contributed by atoms with Crippen molar-refractivity contribution in [1.82, 2.24) is 4.90 Å². The van der Waals surface area contributed by atoms with Gasteiger partial charge in [0.15, 0.2) is 0 Å². The Morgan fingerprint density at radius 3 is 2.44 bits per heavy atom. The summed E-state index contributed by atoms with van der Waals surface area (Å²) in [5.74, 6) is -1.15. The number of rotatable bonds is 7. The highest BCUT2D eigenvalue weighted by atomic mass is 32.2. The van der Waals surface area contributed by atoms with Crippen LogP contribution in [0, 0.1) is 22.9 Å². The zero-order valence-corrected chi connectivity index (χ0v) is 20.2. The molecule has 0 unspecified atom stereocenters. The molecule has 0 radical (unpaired) electrons. The van der Waals surface area contributed by atoms with E-state index in [2.05, 4.69) is 0 Å². The molecule has 0 atom stereocenters. The van der Waals surface area contributed by atoms with Gasteiger partial charge in [-0.05, 0) is 54.6 Å². The summed E-state index contributed by atoms with van der Waals surface area (Å²) in [4.78, 5) is 36.1. The number of halogens is 1. The fourth-order valence-corrected chi connectivity index (χ4v) is 5.11. The molecule has 0 bridgehead atoms. The van der Waals surface area contributed by atoms with Gasteiger partial charge in [-0.1, -0.05) is 36.4 Å². The Kier molecular flexibility index (Phi) is 6.91. The van der Waals surface area contributed by atoms with Gasteiger partial charge in [0.05, 0.1) is 16.4 Å². The fourth-order valence-electron chi connectivity index (χ4n) is 3.32. The first kappa shape index (κ1) is 25.1. The molecule has 0 spiro atoms. The maximum Gasteiger partial charge on any atom is 0.339 e. The molecule has 12 heteroatoms. The van der Waals surface area contributed by atoms with Gasteiger partial charge in [0.25, 0.3) is 16.8 Å². The minimum Gasteiger partial charge on any atom is -0.379 e. The smallest absolute Gasteiger partial charge is 0.339 e.